The molecule has 4 atom stereocenters. The molecule has 11 heteroatoms. The summed E-state index contributed by atoms with van der Waals surface area (Å²) in [6, 6.07) is 4.78. The van der Waals surface area contributed by atoms with Crippen LogP contribution in [0, 0.1) is 4.91 Å². The van der Waals surface area contributed by atoms with Crippen LogP contribution in [-0.4, -0.2) is 90.7 Å². The minimum absolute atomic E-state index is 0.234. The lowest BCUT2D eigenvalue weighted by atomic mass is 9.94. The molecule has 1 aromatic heterocycles. The van der Waals surface area contributed by atoms with Gasteiger partial charge in [0, 0.05) is 13.1 Å². The molecule has 1 fully saturated rings. The van der Waals surface area contributed by atoms with E-state index in [1.54, 1.807) is 23.3 Å². The molecule has 0 amide bonds. The third-order valence-corrected chi connectivity index (χ3v) is 5.70. The maximum atomic E-state index is 11.2. The van der Waals surface area contributed by atoms with Crippen LogP contribution in [0.3, 0.4) is 0 Å². The van der Waals surface area contributed by atoms with Crippen molar-refractivity contribution in [3.05, 3.63) is 35.8 Å². The van der Waals surface area contributed by atoms with E-state index in [4.69, 9.17) is 0 Å². The van der Waals surface area contributed by atoms with E-state index in [9.17, 15) is 25.3 Å². The third-order valence-electron chi connectivity index (χ3n) is 5.70. The number of nitrogens with one attached hydrogen (secondary N) is 1. The van der Waals surface area contributed by atoms with Crippen LogP contribution in [0.4, 0.5) is 11.4 Å². The van der Waals surface area contributed by atoms with Gasteiger partial charge >= 0.3 is 0 Å². The molecule has 1 aliphatic rings. The molecule has 0 bridgehead atoms. The number of likely N-dealkylation sites (tertiary alicyclic amines) is 1. The van der Waals surface area contributed by atoms with Gasteiger partial charge in [0.25, 0.3) is 0 Å². The Bertz CT molecular complexity index is 820. The predicted molar refractivity (Wildman–Crippen MR) is 114 cm³/mol. The van der Waals surface area contributed by atoms with Gasteiger partial charge in [-0.05, 0) is 42.8 Å². The van der Waals surface area contributed by atoms with E-state index in [1.807, 2.05) is 17.0 Å². The molecule has 170 valence electrons. The Kier molecular flexibility index (Phi) is 8.43. The number of hydrogen-bond acceptors (Lipinski definition) is 10. The van der Waals surface area contributed by atoms with Gasteiger partial charge in [-0.1, -0.05) is 12.8 Å². The van der Waals surface area contributed by atoms with Crippen molar-refractivity contribution in [2.75, 3.05) is 31.6 Å². The summed E-state index contributed by atoms with van der Waals surface area (Å²) in [5.74, 6) is 0. The number of piperidine rings is 1. The smallest absolute Gasteiger partial charge is 0.133 e. The minimum atomic E-state index is -1.23. The summed E-state index contributed by atoms with van der Waals surface area (Å²) < 4.78 is 1.70. The standard InChI is InChI=1S/C20H30N6O5/c27-11-17-19(29)20(30)18(28)10-25(17)8-4-2-1-3-7-21-15-6-5-14(9-16(15)24-31)26-12-22-23-13-26/h5-6,9,12-13,17-21,27-30H,1-4,7-8,10-11H2/t17-,18+,19-,20-/m1/s1. The first-order valence-corrected chi connectivity index (χ1v) is 10.5. The molecule has 2 aromatic rings. The number of aliphatic hydroxyl groups excluding tert-OH is 4. The fourth-order valence-electron chi connectivity index (χ4n) is 3.89. The molecule has 0 saturated carbocycles. The highest BCUT2D eigenvalue weighted by molar-refractivity contribution is 5.68. The van der Waals surface area contributed by atoms with E-state index < -0.39 is 24.4 Å². The van der Waals surface area contributed by atoms with Crippen molar-refractivity contribution in [3.63, 3.8) is 0 Å². The number of aliphatic hydroxyl groups is 4. The highest BCUT2D eigenvalue weighted by Gasteiger charge is 2.40. The number of aromatic nitrogens is 3. The van der Waals surface area contributed by atoms with Crippen LogP contribution >= 0.6 is 0 Å². The van der Waals surface area contributed by atoms with E-state index in [0.29, 0.717) is 24.5 Å². The van der Waals surface area contributed by atoms with Gasteiger partial charge in [0.1, 0.15) is 30.5 Å². The number of hydrogen-bond donors (Lipinski definition) is 5. The Morgan fingerprint density at radius 2 is 1.81 bits per heavy atom. The SMILES string of the molecule is O=Nc1cc(-n2cnnc2)ccc1NCCCCCCN1C[C@H](O)[C@@H](O)[C@H](O)[C@H]1CO. The largest absolute Gasteiger partial charge is 0.395 e. The Morgan fingerprint density at radius 3 is 2.52 bits per heavy atom. The number of rotatable bonds is 11. The van der Waals surface area contributed by atoms with Gasteiger partial charge in [0.05, 0.1) is 30.1 Å². The number of unbranched alkanes of at least 4 members (excludes halogenated alkanes) is 3. The van der Waals surface area contributed by atoms with Crippen molar-refractivity contribution in [2.45, 2.75) is 50.0 Å². The van der Waals surface area contributed by atoms with E-state index in [2.05, 4.69) is 20.7 Å². The zero-order valence-corrected chi connectivity index (χ0v) is 17.3. The molecular formula is C20H30N6O5. The van der Waals surface area contributed by atoms with Gasteiger partial charge in [-0.2, -0.15) is 0 Å². The molecule has 11 nitrogen and oxygen atoms in total. The average Bonchev–Trinajstić information content (AvgIpc) is 3.32. The molecule has 0 spiro atoms. The van der Waals surface area contributed by atoms with Crippen LogP contribution in [0.25, 0.3) is 5.69 Å². The molecule has 3 rings (SSSR count). The van der Waals surface area contributed by atoms with Crippen molar-refractivity contribution in [1.82, 2.24) is 19.7 Å². The van der Waals surface area contributed by atoms with Crippen molar-refractivity contribution >= 4 is 11.4 Å². The molecule has 0 unspecified atom stereocenters. The summed E-state index contributed by atoms with van der Waals surface area (Å²) in [7, 11) is 0. The molecule has 0 aliphatic carbocycles. The van der Waals surface area contributed by atoms with Crippen LogP contribution in [-0.2, 0) is 0 Å². The number of β-amino-alcohol motifs (C(OH)–C–C–N with tert-alkyl or cyclic N) is 1. The summed E-state index contributed by atoms with van der Waals surface area (Å²) in [4.78, 5) is 13.0. The summed E-state index contributed by atoms with van der Waals surface area (Å²) in [5, 5.41) is 52.9. The quantitative estimate of drug-likeness (QED) is 0.249. The van der Waals surface area contributed by atoms with Crippen molar-refractivity contribution < 1.29 is 20.4 Å². The predicted octanol–water partition coefficient (Wildman–Crippen LogP) is 0.397. The summed E-state index contributed by atoms with van der Waals surface area (Å²) in [5.41, 5.74) is 1.75. The number of nitroso groups, excluding NO2 is 1. The van der Waals surface area contributed by atoms with E-state index >= 15 is 0 Å². The molecular weight excluding hydrogens is 404 g/mol. The first-order valence-electron chi connectivity index (χ1n) is 10.5. The molecule has 31 heavy (non-hydrogen) atoms. The maximum absolute atomic E-state index is 11.2. The summed E-state index contributed by atoms with van der Waals surface area (Å²) in [6.07, 6.45) is 3.35. The first-order chi connectivity index (χ1) is 15.0. The second-order valence-corrected chi connectivity index (χ2v) is 7.80. The van der Waals surface area contributed by atoms with Crippen LogP contribution < -0.4 is 5.32 Å². The topological polar surface area (TPSA) is 156 Å². The maximum Gasteiger partial charge on any atom is 0.133 e. The van der Waals surface area contributed by atoms with Crippen LogP contribution in [0.1, 0.15) is 25.7 Å². The van der Waals surface area contributed by atoms with Gasteiger partial charge in [-0.3, -0.25) is 9.47 Å². The summed E-state index contributed by atoms with van der Waals surface area (Å²) >= 11 is 0. The third kappa shape index (κ3) is 5.83. The minimum Gasteiger partial charge on any atom is -0.395 e. The van der Waals surface area contributed by atoms with Crippen molar-refractivity contribution in [3.8, 4) is 5.69 Å². The normalized spacial score (nSPS) is 24.3. The van der Waals surface area contributed by atoms with Crippen LogP contribution in [0.5, 0.6) is 0 Å². The van der Waals surface area contributed by atoms with Gasteiger partial charge in [0.2, 0.25) is 0 Å². The molecule has 1 aromatic carbocycles. The molecule has 2 heterocycles. The Balaban J connectivity index is 1.37. The average molecular weight is 434 g/mol. The second kappa shape index (κ2) is 11.3. The molecule has 0 radical (unpaired) electrons. The molecule has 5 N–H and O–H groups in total. The van der Waals surface area contributed by atoms with Crippen LogP contribution in [0.15, 0.2) is 36.0 Å². The molecule has 1 saturated heterocycles. The van der Waals surface area contributed by atoms with E-state index in [1.165, 1.54) is 0 Å². The number of anilines is 1. The van der Waals surface area contributed by atoms with Gasteiger partial charge < -0.3 is 25.7 Å². The lowest BCUT2D eigenvalue weighted by Gasteiger charge is -2.43. The van der Waals surface area contributed by atoms with Gasteiger partial charge in [-0.25, -0.2) is 0 Å². The van der Waals surface area contributed by atoms with Crippen molar-refractivity contribution in [1.29, 1.82) is 0 Å². The van der Waals surface area contributed by atoms with E-state index in [0.717, 1.165) is 31.4 Å². The Hall–Kier alpha value is -2.44. The monoisotopic (exact) mass is 434 g/mol. The van der Waals surface area contributed by atoms with Gasteiger partial charge in [-0.15, -0.1) is 15.1 Å². The lowest BCUT2D eigenvalue weighted by molar-refractivity contribution is -0.145. The first kappa shape index (κ1) is 23.2. The molecule has 1 aliphatic heterocycles. The van der Waals surface area contributed by atoms with Crippen LogP contribution in [0.2, 0.25) is 0 Å². The van der Waals surface area contributed by atoms with Crippen molar-refractivity contribution in [2.24, 2.45) is 5.18 Å². The number of benzene rings is 1. The van der Waals surface area contributed by atoms with Gasteiger partial charge in [0.15, 0.2) is 0 Å². The highest BCUT2D eigenvalue weighted by atomic mass is 16.4. The van der Waals surface area contributed by atoms with E-state index in [-0.39, 0.29) is 13.2 Å². The lowest BCUT2D eigenvalue weighted by Crippen LogP contribution is -2.62. The Morgan fingerprint density at radius 1 is 1.06 bits per heavy atom. The fraction of sp³-hybridized carbons (Fsp3) is 0.600. The second-order valence-electron chi connectivity index (χ2n) is 7.80. The zero-order valence-electron chi connectivity index (χ0n) is 17.3. The highest BCUT2D eigenvalue weighted by Crippen LogP contribution is 2.27. The Labute approximate surface area is 180 Å². The fourth-order valence-corrected chi connectivity index (χ4v) is 3.89. The summed E-state index contributed by atoms with van der Waals surface area (Å²) in [6.45, 7) is 1.29. The number of nitrogens with zero attached hydrogens (tertiary/aromatic N) is 5. The zero-order chi connectivity index (χ0) is 22.2.